The molecule has 2 rings (SSSR count). The van der Waals surface area contributed by atoms with E-state index in [1.807, 2.05) is 6.07 Å². The number of ketones is 1. The molecule has 0 saturated heterocycles. The van der Waals surface area contributed by atoms with Crippen molar-refractivity contribution in [2.45, 2.75) is 103 Å². The standard InChI is InChI=1S/C26H40O3/c27-25(24-19-13-9-14-20-24)22-29-26(28)21-15-6-4-2-1-3-5-10-16-23-17-11-7-8-12-18-23/h9,13-14,19-20,23H,1-8,10-12,15-18,21-22H2/i11D. The summed E-state index contributed by atoms with van der Waals surface area (Å²) in [7, 11) is 0. The first kappa shape index (κ1) is 22.1. The Morgan fingerprint density at radius 1 is 0.862 bits per heavy atom. The first-order chi connectivity index (χ1) is 14.6. The lowest BCUT2D eigenvalue weighted by atomic mass is 9.93. The highest BCUT2D eigenvalue weighted by molar-refractivity contribution is 5.97. The second-order valence-electron chi connectivity index (χ2n) is 8.49. The fourth-order valence-electron chi connectivity index (χ4n) is 4.14. The van der Waals surface area contributed by atoms with Crippen molar-refractivity contribution in [3.8, 4) is 0 Å². The Morgan fingerprint density at radius 2 is 1.55 bits per heavy atom. The molecule has 1 aliphatic carbocycles. The maximum Gasteiger partial charge on any atom is 0.306 e. The molecule has 0 N–H and O–H groups in total. The van der Waals surface area contributed by atoms with Crippen LogP contribution in [0.4, 0.5) is 0 Å². The van der Waals surface area contributed by atoms with Gasteiger partial charge in [0.25, 0.3) is 0 Å². The number of rotatable bonds is 14. The molecule has 0 spiro atoms. The van der Waals surface area contributed by atoms with Gasteiger partial charge < -0.3 is 4.74 Å². The monoisotopic (exact) mass is 401 g/mol. The van der Waals surface area contributed by atoms with Crippen LogP contribution in [0, 0.1) is 5.92 Å². The van der Waals surface area contributed by atoms with Crippen molar-refractivity contribution in [3.63, 3.8) is 0 Å². The summed E-state index contributed by atoms with van der Waals surface area (Å²) in [5.74, 6) is 0.382. The number of unbranched alkanes of at least 4 members (excludes halogenated alkanes) is 7. The van der Waals surface area contributed by atoms with E-state index in [0.29, 0.717) is 12.0 Å². The molecule has 2 atom stereocenters. The van der Waals surface area contributed by atoms with Crippen LogP contribution in [0.25, 0.3) is 0 Å². The lowest BCUT2D eigenvalue weighted by Gasteiger charge is -2.13. The molecule has 2 unspecified atom stereocenters. The molecule has 0 bridgehead atoms. The number of esters is 1. The maximum absolute atomic E-state index is 11.9. The second kappa shape index (κ2) is 15.2. The molecular formula is C26H40O3. The molecular weight excluding hydrogens is 360 g/mol. The van der Waals surface area contributed by atoms with Crippen molar-refractivity contribution < 1.29 is 15.7 Å². The van der Waals surface area contributed by atoms with E-state index in [4.69, 9.17) is 6.11 Å². The summed E-state index contributed by atoms with van der Waals surface area (Å²) in [6.07, 6.45) is 17.6. The molecule has 0 heterocycles. The van der Waals surface area contributed by atoms with E-state index in [0.717, 1.165) is 31.6 Å². The van der Waals surface area contributed by atoms with Gasteiger partial charge in [-0.3, -0.25) is 9.59 Å². The lowest BCUT2D eigenvalue weighted by Crippen LogP contribution is -2.13. The molecule has 3 heteroatoms. The molecule has 1 aromatic carbocycles. The quantitative estimate of drug-likeness (QED) is 0.142. The highest BCUT2D eigenvalue weighted by Gasteiger charge is 2.11. The van der Waals surface area contributed by atoms with Gasteiger partial charge in [-0.05, 0) is 12.3 Å². The van der Waals surface area contributed by atoms with E-state index in [9.17, 15) is 9.59 Å². The SMILES string of the molecule is [2H]C1CCCCC(CCCCCCCCCCC(=O)OCC(=O)c2ccccc2)C1. The highest BCUT2D eigenvalue weighted by Crippen LogP contribution is 2.27. The Balaban J connectivity index is 1.37. The van der Waals surface area contributed by atoms with Crippen molar-refractivity contribution in [1.82, 2.24) is 0 Å². The van der Waals surface area contributed by atoms with Gasteiger partial charge in [-0.25, -0.2) is 0 Å². The van der Waals surface area contributed by atoms with E-state index in [1.165, 1.54) is 64.2 Å². The van der Waals surface area contributed by atoms with Crippen LogP contribution in [-0.4, -0.2) is 18.4 Å². The van der Waals surface area contributed by atoms with Crippen molar-refractivity contribution in [1.29, 1.82) is 0 Å². The van der Waals surface area contributed by atoms with Gasteiger partial charge in [-0.2, -0.15) is 0 Å². The number of carbonyl (C=O) groups excluding carboxylic acids is 2. The van der Waals surface area contributed by atoms with Gasteiger partial charge in [-0.15, -0.1) is 0 Å². The summed E-state index contributed by atoms with van der Waals surface area (Å²) in [5, 5.41) is 0. The minimum atomic E-state index is -0.271. The molecule has 1 aliphatic rings. The Bertz CT molecular complexity index is 602. The molecule has 0 radical (unpaired) electrons. The molecule has 3 nitrogen and oxygen atoms in total. The summed E-state index contributed by atoms with van der Waals surface area (Å²) in [5.41, 5.74) is 0.583. The van der Waals surface area contributed by atoms with Crippen LogP contribution in [0.2, 0.25) is 0 Å². The summed E-state index contributed by atoms with van der Waals surface area (Å²) < 4.78 is 13.1. The zero-order chi connectivity index (χ0) is 21.4. The third-order valence-corrected chi connectivity index (χ3v) is 5.97. The van der Waals surface area contributed by atoms with Gasteiger partial charge in [0.05, 0.1) is 0 Å². The van der Waals surface area contributed by atoms with Gasteiger partial charge in [0, 0.05) is 13.4 Å². The second-order valence-corrected chi connectivity index (χ2v) is 8.49. The minimum Gasteiger partial charge on any atom is -0.457 e. The van der Waals surface area contributed by atoms with Crippen LogP contribution < -0.4 is 0 Å². The maximum atomic E-state index is 11.9. The third kappa shape index (κ3) is 11.2. The van der Waals surface area contributed by atoms with Gasteiger partial charge in [0.15, 0.2) is 12.4 Å². The third-order valence-electron chi connectivity index (χ3n) is 5.97. The van der Waals surface area contributed by atoms with Crippen LogP contribution >= 0.6 is 0 Å². The van der Waals surface area contributed by atoms with Crippen LogP contribution in [0.3, 0.4) is 0 Å². The number of ether oxygens (including phenoxy) is 1. The summed E-state index contributed by atoms with van der Waals surface area (Å²) in [6.45, 7) is -0.161. The van der Waals surface area contributed by atoms with E-state index in [-0.39, 0.29) is 24.8 Å². The number of Topliss-reactive ketones (excluding diaryl/α,β-unsaturated/α-hetero) is 1. The van der Waals surface area contributed by atoms with Crippen LogP contribution in [-0.2, 0) is 9.53 Å². The lowest BCUT2D eigenvalue weighted by molar-refractivity contribution is -0.142. The number of benzene rings is 1. The average molecular weight is 402 g/mol. The van der Waals surface area contributed by atoms with Gasteiger partial charge in [0.1, 0.15) is 0 Å². The van der Waals surface area contributed by atoms with Gasteiger partial charge >= 0.3 is 5.97 Å². The van der Waals surface area contributed by atoms with Crippen LogP contribution in [0.5, 0.6) is 0 Å². The van der Waals surface area contributed by atoms with E-state index >= 15 is 0 Å². The molecule has 29 heavy (non-hydrogen) atoms. The van der Waals surface area contributed by atoms with Crippen LogP contribution in [0.1, 0.15) is 114 Å². The van der Waals surface area contributed by atoms with E-state index in [2.05, 4.69) is 0 Å². The van der Waals surface area contributed by atoms with Gasteiger partial charge in [-0.1, -0.05) is 120 Å². The molecule has 0 amide bonds. The largest absolute Gasteiger partial charge is 0.457 e. The Hall–Kier alpha value is -1.64. The van der Waals surface area contributed by atoms with E-state index < -0.39 is 0 Å². The number of hydrogen-bond acceptors (Lipinski definition) is 3. The fourth-order valence-corrected chi connectivity index (χ4v) is 4.14. The van der Waals surface area contributed by atoms with Crippen molar-refractivity contribution in [2.24, 2.45) is 5.92 Å². The van der Waals surface area contributed by atoms with Crippen LogP contribution in [0.15, 0.2) is 30.3 Å². The summed E-state index contributed by atoms with van der Waals surface area (Å²) >= 11 is 0. The smallest absolute Gasteiger partial charge is 0.306 e. The number of hydrogen-bond donors (Lipinski definition) is 0. The highest BCUT2D eigenvalue weighted by atomic mass is 16.5. The molecule has 0 aromatic heterocycles. The predicted molar refractivity (Wildman–Crippen MR) is 119 cm³/mol. The van der Waals surface area contributed by atoms with E-state index in [1.54, 1.807) is 24.3 Å². The van der Waals surface area contributed by atoms with Crippen molar-refractivity contribution in [3.05, 3.63) is 35.9 Å². The topological polar surface area (TPSA) is 43.4 Å². The molecule has 162 valence electrons. The minimum absolute atomic E-state index is 0.150. The Kier molecular flexibility index (Phi) is 11.6. The molecule has 0 aliphatic heterocycles. The predicted octanol–water partition coefficient (Wildman–Crippen LogP) is 7.28. The molecule has 1 fully saturated rings. The first-order valence-corrected chi connectivity index (χ1v) is 11.8. The average Bonchev–Trinajstić information content (AvgIpc) is 2.97. The zero-order valence-electron chi connectivity index (χ0n) is 19.1. The molecule has 1 saturated carbocycles. The molecule has 1 aromatic rings. The normalized spacial score (nSPS) is 19.9. The number of carbonyl (C=O) groups is 2. The Morgan fingerprint density at radius 3 is 2.31 bits per heavy atom. The van der Waals surface area contributed by atoms with Crippen molar-refractivity contribution >= 4 is 11.8 Å². The Labute approximate surface area is 179 Å². The fraction of sp³-hybridized carbons (Fsp3) is 0.692. The summed E-state index contributed by atoms with van der Waals surface area (Å²) in [4.78, 5) is 23.7. The summed E-state index contributed by atoms with van der Waals surface area (Å²) in [6, 6.07) is 8.94. The van der Waals surface area contributed by atoms with Gasteiger partial charge in [0.2, 0.25) is 0 Å². The zero-order valence-corrected chi connectivity index (χ0v) is 18.1. The van der Waals surface area contributed by atoms with Crippen molar-refractivity contribution in [2.75, 3.05) is 6.61 Å². The first-order valence-electron chi connectivity index (χ1n) is 12.4.